The van der Waals surface area contributed by atoms with Gasteiger partial charge in [-0.05, 0) is 57.2 Å². The third-order valence-electron chi connectivity index (χ3n) is 4.63. The first-order valence-electron chi connectivity index (χ1n) is 9.01. The van der Waals surface area contributed by atoms with Crippen molar-refractivity contribution in [2.75, 3.05) is 18.5 Å². The van der Waals surface area contributed by atoms with E-state index in [4.69, 9.17) is 9.47 Å². The van der Waals surface area contributed by atoms with Crippen LogP contribution in [0.15, 0.2) is 18.2 Å². The fraction of sp³-hybridized carbons (Fsp3) is 0.632. The quantitative estimate of drug-likeness (QED) is 0.761. The lowest BCUT2D eigenvalue weighted by molar-refractivity contribution is -0.148. The third kappa shape index (κ3) is 4.69. The molecule has 0 saturated heterocycles. The number of rotatable bonds is 6. The van der Waals surface area contributed by atoms with Crippen molar-refractivity contribution in [2.24, 2.45) is 5.92 Å². The van der Waals surface area contributed by atoms with Crippen LogP contribution in [0, 0.1) is 5.92 Å². The molecule has 1 saturated carbocycles. The molecule has 0 unspecified atom stereocenters. The van der Waals surface area contributed by atoms with E-state index in [1.165, 1.54) is 12.1 Å². The van der Waals surface area contributed by atoms with Gasteiger partial charge in [-0.25, -0.2) is 0 Å². The molecule has 0 radical (unpaired) electrons. The molecule has 2 rings (SSSR count). The van der Waals surface area contributed by atoms with Crippen molar-refractivity contribution in [3.63, 3.8) is 0 Å². The van der Waals surface area contributed by atoms with Gasteiger partial charge in [-0.2, -0.15) is 13.2 Å². The largest absolute Gasteiger partial charge is 0.493 e. The van der Waals surface area contributed by atoms with E-state index in [0.29, 0.717) is 25.4 Å². The third-order valence-corrected chi connectivity index (χ3v) is 4.63. The first kappa shape index (κ1) is 20.6. The molecule has 0 spiro atoms. The van der Waals surface area contributed by atoms with Crippen molar-refractivity contribution in [3.05, 3.63) is 23.8 Å². The van der Waals surface area contributed by atoms with Crippen LogP contribution in [0.4, 0.5) is 18.9 Å². The Kier molecular flexibility index (Phi) is 6.55. The van der Waals surface area contributed by atoms with E-state index >= 15 is 0 Å². The highest BCUT2D eigenvalue weighted by Gasteiger charge is 2.43. The van der Waals surface area contributed by atoms with Crippen LogP contribution in [0.5, 0.6) is 5.75 Å². The standard InChI is InChI=1S/C19H26F3NO3/c1-4-25-16-9-8-14(11-15(16)19(20,21)22)23-17(24)18(26-5-2)10-6-7-13(3)12-18/h8-9,11,13H,4-7,10,12H2,1-3H3,(H,23,24)/t13-,18+/m1/s1. The maximum Gasteiger partial charge on any atom is 0.420 e. The first-order valence-corrected chi connectivity index (χ1v) is 9.01. The molecule has 7 heteroatoms. The van der Waals surface area contributed by atoms with Gasteiger partial charge in [-0.3, -0.25) is 4.79 Å². The van der Waals surface area contributed by atoms with Crippen LogP contribution in [0.25, 0.3) is 0 Å². The van der Waals surface area contributed by atoms with E-state index in [1.54, 1.807) is 6.92 Å². The Labute approximate surface area is 152 Å². The van der Waals surface area contributed by atoms with E-state index in [-0.39, 0.29) is 24.0 Å². The van der Waals surface area contributed by atoms with Gasteiger partial charge in [-0.1, -0.05) is 13.3 Å². The minimum Gasteiger partial charge on any atom is -0.493 e. The van der Waals surface area contributed by atoms with Gasteiger partial charge < -0.3 is 14.8 Å². The van der Waals surface area contributed by atoms with Crippen LogP contribution in [0.3, 0.4) is 0 Å². The number of ether oxygens (including phenoxy) is 2. The average Bonchev–Trinajstić information content (AvgIpc) is 2.55. The smallest absolute Gasteiger partial charge is 0.420 e. The van der Waals surface area contributed by atoms with Crippen molar-refractivity contribution in [1.82, 2.24) is 0 Å². The number of amides is 1. The fourth-order valence-electron chi connectivity index (χ4n) is 3.54. The zero-order valence-electron chi connectivity index (χ0n) is 15.4. The number of hydrogen-bond donors (Lipinski definition) is 1. The monoisotopic (exact) mass is 373 g/mol. The van der Waals surface area contributed by atoms with E-state index in [9.17, 15) is 18.0 Å². The Hall–Kier alpha value is -1.76. The van der Waals surface area contributed by atoms with Crippen molar-refractivity contribution in [3.8, 4) is 5.75 Å². The molecule has 4 nitrogen and oxygen atoms in total. The highest BCUT2D eigenvalue weighted by Crippen LogP contribution is 2.39. The molecule has 0 heterocycles. The SMILES string of the molecule is CCOc1ccc(NC(=O)[C@]2(OCC)CCC[C@@H](C)C2)cc1C(F)(F)F. The Morgan fingerprint density at radius 2 is 2.04 bits per heavy atom. The molecule has 0 aromatic heterocycles. The second-order valence-corrected chi connectivity index (χ2v) is 6.72. The van der Waals surface area contributed by atoms with Crippen molar-refractivity contribution in [2.45, 2.75) is 58.2 Å². The maximum absolute atomic E-state index is 13.3. The van der Waals surface area contributed by atoms with Gasteiger partial charge in [0.15, 0.2) is 0 Å². The summed E-state index contributed by atoms with van der Waals surface area (Å²) in [6.07, 6.45) is -1.56. The molecule has 1 aliphatic rings. The van der Waals surface area contributed by atoms with Crippen LogP contribution in [-0.2, 0) is 15.7 Å². The van der Waals surface area contributed by atoms with Gasteiger partial charge in [0.2, 0.25) is 0 Å². The lowest BCUT2D eigenvalue weighted by Crippen LogP contribution is -2.48. The average molecular weight is 373 g/mol. The summed E-state index contributed by atoms with van der Waals surface area (Å²) in [6, 6.07) is 3.57. The van der Waals surface area contributed by atoms with Gasteiger partial charge >= 0.3 is 6.18 Å². The predicted octanol–water partition coefficient (Wildman–Crippen LogP) is 5.03. The fourth-order valence-corrected chi connectivity index (χ4v) is 3.54. The number of alkyl halides is 3. The molecular formula is C19H26F3NO3. The van der Waals surface area contributed by atoms with Crippen molar-refractivity contribution in [1.29, 1.82) is 0 Å². The van der Waals surface area contributed by atoms with Crippen LogP contribution < -0.4 is 10.1 Å². The molecule has 1 amide bonds. The molecule has 26 heavy (non-hydrogen) atoms. The Balaban J connectivity index is 2.27. The van der Waals surface area contributed by atoms with Gasteiger partial charge in [0.25, 0.3) is 5.91 Å². The van der Waals surface area contributed by atoms with E-state index in [1.807, 2.05) is 6.92 Å². The van der Waals surface area contributed by atoms with Gasteiger partial charge in [0.1, 0.15) is 11.4 Å². The van der Waals surface area contributed by atoms with E-state index in [2.05, 4.69) is 12.2 Å². The van der Waals surface area contributed by atoms with Gasteiger partial charge in [-0.15, -0.1) is 0 Å². The summed E-state index contributed by atoms with van der Waals surface area (Å²) in [5.41, 5.74) is -1.80. The Morgan fingerprint density at radius 1 is 1.31 bits per heavy atom. The number of anilines is 1. The number of benzene rings is 1. The Morgan fingerprint density at radius 3 is 2.62 bits per heavy atom. The predicted molar refractivity (Wildman–Crippen MR) is 93.2 cm³/mol. The van der Waals surface area contributed by atoms with E-state index in [0.717, 1.165) is 18.9 Å². The summed E-state index contributed by atoms with van der Waals surface area (Å²) in [7, 11) is 0. The van der Waals surface area contributed by atoms with Gasteiger partial charge in [0.05, 0.1) is 12.2 Å². The molecule has 0 bridgehead atoms. The minimum absolute atomic E-state index is 0.0862. The molecule has 0 aliphatic heterocycles. The number of carbonyl (C=O) groups is 1. The highest BCUT2D eigenvalue weighted by atomic mass is 19.4. The summed E-state index contributed by atoms with van der Waals surface area (Å²) in [4.78, 5) is 12.8. The molecule has 1 fully saturated rings. The molecule has 1 aliphatic carbocycles. The second-order valence-electron chi connectivity index (χ2n) is 6.72. The van der Waals surface area contributed by atoms with Crippen LogP contribution >= 0.6 is 0 Å². The summed E-state index contributed by atoms with van der Waals surface area (Å²) in [5.74, 6) is -0.306. The molecular weight excluding hydrogens is 347 g/mol. The molecule has 1 aromatic carbocycles. The number of nitrogens with one attached hydrogen (secondary N) is 1. The number of hydrogen-bond acceptors (Lipinski definition) is 3. The summed E-state index contributed by atoms with van der Waals surface area (Å²) in [6.45, 7) is 5.98. The number of halogens is 3. The molecule has 2 atom stereocenters. The summed E-state index contributed by atoms with van der Waals surface area (Å²) >= 11 is 0. The second kappa shape index (κ2) is 8.29. The molecule has 1 aromatic rings. The van der Waals surface area contributed by atoms with Gasteiger partial charge in [0, 0.05) is 12.3 Å². The summed E-state index contributed by atoms with van der Waals surface area (Å²) in [5, 5.41) is 2.62. The lowest BCUT2D eigenvalue weighted by atomic mass is 9.78. The number of carbonyl (C=O) groups excluding carboxylic acids is 1. The van der Waals surface area contributed by atoms with Crippen molar-refractivity contribution < 1.29 is 27.4 Å². The van der Waals surface area contributed by atoms with Crippen LogP contribution in [-0.4, -0.2) is 24.7 Å². The van der Waals surface area contributed by atoms with Crippen LogP contribution in [0.2, 0.25) is 0 Å². The van der Waals surface area contributed by atoms with E-state index < -0.39 is 17.3 Å². The maximum atomic E-state index is 13.3. The highest BCUT2D eigenvalue weighted by molar-refractivity contribution is 5.97. The zero-order chi connectivity index (χ0) is 19.4. The normalized spacial score (nSPS) is 23.5. The van der Waals surface area contributed by atoms with Crippen molar-refractivity contribution >= 4 is 11.6 Å². The molecule has 1 N–H and O–H groups in total. The Bertz CT molecular complexity index is 629. The lowest BCUT2D eigenvalue weighted by Gasteiger charge is -2.38. The zero-order valence-corrected chi connectivity index (χ0v) is 15.4. The minimum atomic E-state index is -4.57. The van der Waals surface area contributed by atoms with Crippen LogP contribution in [0.1, 0.15) is 52.0 Å². The topological polar surface area (TPSA) is 47.6 Å². The summed E-state index contributed by atoms with van der Waals surface area (Å²) < 4.78 is 50.7. The molecule has 146 valence electrons. The first-order chi connectivity index (χ1) is 12.2.